The Morgan fingerprint density at radius 2 is 2.09 bits per heavy atom. The van der Waals surface area contributed by atoms with Crippen molar-refractivity contribution in [3.05, 3.63) is 0 Å². The van der Waals surface area contributed by atoms with Gasteiger partial charge in [-0.3, -0.25) is 4.79 Å². The summed E-state index contributed by atoms with van der Waals surface area (Å²) in [5, 5.41) is 0. The van der Waals surface area contributed by atoms with E-state index in [0.717, 1.165) is 0 Å². The molecule has 0 aromatic carbocycles. The number of alkyl halides is 1. The molecule has 0 saturated heterocycles. The molecule has 0 aromatic rings. The second-order valence-electron chi connectivity index (χ2n) is 4.23. The van der Waals surface area contributed by atoms with E-state index in [1.165, 1.54) is 0 Å². The van der Waals surface area contributed by atoms with Crippen molar-refractivity contribution in [3.8, 4) is 0 Å². The number of Topliss-reactive ketones (excluding diaryl/α,β-unsaturated/α-hetero) is 1. The maximum Gasteiger partial charge on any atom is 0.167 e. The van der Waals surface area contributed by atoms with E-state index in [1.54, 1.807) is 0 Å². The quantitative estimate of drug-likeness (QED) is 0.529. The van der Waals surface area contributed by atoms with Crippen LogP contribution in [0.2, 0.25) is 0 Å². The summed E-state index contributed by atoms with van der Waals surface area (Å²) in [5.41, 5.74) is -0.00662. The molecule has 0 amide bonds. The Bertz CT molecular complexity index is 174. The smallest absolute Gasteiger partial charge is 0.167 e. The van der Waals surface area contributed by atoms with Gasteiger partial charge in [-0.1, -0.05) is 20.8 Å². The van der Waals surface area contributed by atoms with Gasteiger partial charge in [0.1, 0.15) is 0 Å². The average molecular weight is 158 g/mol. The van der Waals surface area contributed by atoms with Crippen LogP contribution in [0.1, 0.15) is 33.6 Å². The van der Waals surface area contributed by atoms with Gasteiger partial charge >= 0.3 is 0 Å². The van der Waals surface area contributed by atoms with Gasteiger partial charge in [0.15, 0.2) is 12.0 Å². The lowest BCUT2D eigenvalue weighted by atomic mass is 9.69. The Morgan fingerprint density at radius 1 is 1.55 bits per heavy atom. The van der Waals surface area contributed by atoms with Crippen LogP contribution in [0, 0.1) is 11.3 Å². The van der Waals surface area contributed by atoms with Gasteiger partial charge in [0.2, 0.25) is 0 Å². The Balaban J connectivity index is 2.70. The molecule has 0 unspecified atom stereocenters. The molecule has 0 N–H and O–H groups in total. The molecule has 1 aliphatic carbocycles. The first-order valence-corrected chi connectivity index (χ1v) is 4.10. The average Bonchev–Trinajstić information content (AvgIpc) is 1.83. The molecular formula is C9H15FO. The van der Waals surface area contributed by atoms with E-state index in [2.05, 4.69) is 0 Å². The minimum Gasteiger partial charge on any atom is -0.296 e. The monoisotopic (exact) mass is 158 g/mol. The van der Waals surface area contributed by atoms with E-state index in [9.17, 15) is 9.18 Å². The third kappa shape index (κ3) is 1.60. The summed E-state index contributed by atoms with van der Waals surface area (Å²) < 4.78 is 12.9. The summed E-state index contributed by atoms with van der Waals surface area (Å²) in [7, 11) is 0. The summed E-state index contributed by atoms with van der Waals surface area (Å²) in [6, 6.07) is 0. The zero-order chi connectivity index (χ0) is 8.65. The van der Waals surface area contributed by atoms with Crippen molar-refractivity contribution in [1.29, 1.82) is 0 Å². The molecule has 0 aromatic heterocycles. The zero-order valence-corrected chi connectivity index (χ0v) is 7.36. The van der Waals surface area contributed by atoms with E-state index in [0.29, 0.717) is 18.8 Å². The molecule has 1 aliphatic rings. The molecule has 1 nitrogen and oxygen atoms in total. The molecule has 11 heavy (non-hydrogen) atoms. The second-order valence-corrected chi connectivity index (χ2v) is 4.23. The normalized spacial score (nSPS) is 37.3. The maximum atomic E-state index is 12.9. The predicted octanol–water partition coefficient (Wildman–Crippen LogP) is 2.35. The highest BCUT2D eigenvalue weighted by Gasteiger charge is 2.38. The van der Waals surface area contributed by atoms with E-state index in [-0.39, 0.29) is 11.2 Å². The highest BCUT2D eigenvalue weighted by molar-refractivity contribution is 5.84. The Hall–Kier alpha value is -0.400. The van der Waals surface area contributed by atoms with Gasteiger partial charge in [-0.2, -0.15) is 0 Å². The van der Waals surface area contributed by atoms with Gasteiger partial charge in [-0.15, -0.1) is 0 Å². The van der Waals surface area contributed by atoms with E-state index >= 15 is 0 Å². The predicted molar refractivity (Wildman–Crippen MR) is 42.1 cm³/mol. The SMILES string of the molecule is C[C@H]1CC(=O)[C@H](F)CC1(C)C. The number of hydrogen-bond donors (Lipinski definition) is 0. The second kappa shape index (κ2) is 2.58. The molecule has 1 saturated carbocycles. The standard InChI is InChI=1S/C9H15FO/c1-6-4-8(11)7(10)5-9(6,2)3/h6-7H,4-5H2,1-3H3/t6-,7+/m0/s1. The molecule has 2 heteroatoms. The fourth-order valence-electron chi connectivity index (χ4n) is 1.48. The first-order valence-electron chi connectivity index (χ1n) is 4.10. The Labute approximate surface area is 67.0 Å². The van der Waals surface area contributed by atoms with Crippen LogP contribution in [0.5, 0.6) is 0 Å². The van der Waals surface area contributed by atoms with Crippen LogP contribution in [0.25, 0.3) is 0 Å². The number of halogens is 1. The van der Waals surface area contributed by atoms with Crippen molar-refractivity contribution in [1.82, 2.24) is 0 Å². The lowest BCUT2D eigenvalue weighted by molar-refractivity contribution is -0.130. The van der Waals surface area contributed by atoms with Gasteiger partial charge in [-0.05, 0) is 17.8 Å². The molecule has 0 spiro atoms. The van der Waals surface area contributed by atoms with Crippen molar-refractivity contribution in [3.63, 3.8) is 0 Å². The third-order valence-electron chi connectivity index (χ3n) is 2.90. The van der Waals surface area contributed by atoms with Crippen molar-refractivity contribution in [2.75, 3.05) is 0 Å². The van der Waals surface area contributed by atoms with Crippen LogP contribution in [-0.2, 0) is 4.79 Å². The fourth-order valence-corrected chi connectivity index (χ4v) is 1.48. The lowest BCUT2D eigenvalue weighted by Crippen LogP contribution is -2.37. The van der Waals surface area contributed by atoms with Gasteiger partial charge in [0, 0.05) is 6.42 Å². The Kier molecular flexibility index (Phi) is 2.04. The highest BCUT2D eigenvalue weighted by atomic mass is 19.1. The summed E-state index contributed by atoms with van der Waals surface area (Å²) >= 11 is 0. The molecule has 1 rings (SSSR count). The molecule has 2 atom stereocenters. The largest absolute Gasteiger partial charge is 0.296 e. The van der Waals surface area contributed by atoms with Crippen LogP contribution in [0.4, 0.5) is 4.39 Å². The Morgan fingerprint density at radius 3 is 2.55 bits per heavy atom. The summed E-state index contributed by atoms with van der Waals surface area (Å²) in [4.78, 5) is 10.9. The molecule has 0 radical (unpaired) electrons. The van der Waals surface area contributed by atoms with Crippen molar-refractivity contribution < 1.29 is 9.18 Å². The topological polar surface area (TPSA) is 17.1 Å². The van der Waals surface area contributed by atoms with Gasteiger partial charge in [0.05, 0.1) is 0 Å². The third-order valence-corrected chi connectivity index (χ3v) is 2.90. The summed E-state index contributed by atoms with van der Waals surface area (Å²) in [6.45, 7) is 6.07. The molecule has 0 bridgehead atoms. The van der Waals surface area contributed by atoms with Crippen LogP contribution < -0.4 is 0 Å². The van der Waals surface area contributed by atoms with Crippen LogP contribution in [-0.4, -0.2) is 12.0 Å². The van der Waals surface area contributed by atoms with Crippen molar-refractivity contribution >= 4 is 5.78 Å². The van der Waals surface area contributed by atoms with E-state index in [4.69, 9.17) is 0 Å². The number of rotatable bonds is 0. The van der Waals surface area contributed by atoms with E-state index in [1.807, 2.05) is 20.8 Å². The van der Waals surface area contributed by atoms with Crippen LogP contribution in [0.15, 0.2) is 0 Å². The molecule has 0 heterocycles. The molecule has 1 fully saturated rings. The van der Waals surface area contributed by atoms with Crippen molar-refractivity contribution in [2.45, 2.75) is 39.8 Å². The minimum atomic E-state index is -1.21. The molecule has 0 aliphatic heterocycles. The first kappa shape index (κ1) is 8.69. The molecule has 64 valence electrons. The van der Waals surface area contributed by atoms with E-state index < -0.39 is 6.17 Å². The van der Waals surface area contributed by atoms with Crippen LogP contribution in [0.3, 0.4) is 0 Å². The van der Waals surface area contributed by atoms with Gasteiger partial charge in [-0.25, -0.2) is 4.39 Å². The summed E-state index contributed by atoms with van der Waals surface area (Å²) in [6.07, 6.45) is -0.401. The fraction of sp³-hybridized carbons (Fsp3) is 0.889. The van der Waals surface area contributed by atoms with Crippen LogP contribution >= 0.6 is 0 Å². The lowest BCUT2D eigenvalue weighted by Gasteiger charge is -2.36. The summed E-state index contributed by atoms with van der Waals surface area (Å²) in [5.74, 6) is 0.110. The minimum absolute atomic E-state index is 0.00662. The van der Waals surface area contributed by atoms with Gasteiger partial charge < -0.3 is 0 Å². The number of carbonyl (C=O) groups excluding carboxylic acids is 1. The van der Waals surface area contributed by atoms with Gasteiger partial charge in [0.25, 0.3) is 0 Å². The maximum absolute atomic E-state index is 12.9. The number of carbonyl (C=O) groups is 1. The first-order chi connectivity index (χ1) is 4.93. The molecular weight excluding hydrogens is 143 g/mol. The zero-order valence-electron chi connectivity index (χ0n) is 7.36. The van der Waals surface area contributed by atoms with Crippen molar-refractivity contribution in [2.24, 2.45) is 11.3 Å². The number of ketones is 1. The number of hydrogen-bond acceptors (Lipinski definition) is 1. The highest BCUT2D eigenvalue weighted by Crippen LogP contribution is 2.39.